The van der Waals surface area contributed by atoms with Gasteiger partial charge in [0.05, 0.1) is 5.56 Å². The summed E-state index contributed by atoms with van der Waals surface area (Å²) in [5.41, 5.74) is 8.75. The molecule has 0 spiro atoms. The molecular weight excluding hydrogens is 456 g/mol. The number of ether oxygens (including phenoxy) is 1. The summed E-state index contributed by atoms with van der Waals surface area (Å²) in [4.78, 5) is 46.8. The molecule has 2 aromatic carbocycles. The molecule has 0 saturated carbocycles. The van der Waals surface area contributed by atoms with Crippen LogP contribution in [0.1, 0.15) is 46.3 Å². The number of nitrogens with two attached hydrogens (primary N) is 1. The number of esters is 1. The molecule has 0 saturated heterocycles. The molecule has 0 aliphatic carbocycles. The average molecular weight is 482 g/mol. The van der Waals surface area contributed by atoms with Gasteiger partial charge >= 0.3 is 17.9 Å². The molecule has 0 bridgehead atoms. The summed E-state index contributed by atoms with van der Waals surface area (Å²) in [5, 5.41) is 30.3. The maximum Gasteiger partial charge on any atom is 0.343 e. The molecule has 184 valence electrons. The van der Waals surface area contributed by atoms with E-state index < -0.39 is 29.9 Å². The second-order valence-electron chi connectivity index (χ2n) is 8.13. The van der Waals surface area contributed by atoms with Crippen LogP contribution in [-0.2, 0) is 33.6 Å². The van der Waals surface area contributed by atoms with Crippen molar-refractivity contribution in [1.29, 1.82) is 5.41 Å². The molecule has 1 aliphatic rings. The third-order valence-electron chi connectivity index (χ3n) is 5.52. The molecule has 7 N–H and O–H groups in total. The topological polar surface area (TPSA) is 192 Å². The molecule has 3 rings (SSSR count). The quantitative estimate of drug-likeness (QED) is 0.133. The summed E-state index contributed by atoms with van der Waals surface area (Å²) in [6.07, 6.45) is 0.871. The zero-order valence-electron chi connectivity index (χ0n) is 18.8. The van der Waals surface area contributed by atoms with Crippen molar-refractivity contribution in [2.24, 2.45) is 5.73 Å². The van der Waals surface area contributed by atoms with Crippen LogP contribution in [0, 0.1) is 5.41 Å². The van der Waals surface area contributed by atoms with E-state index in [4.69, 9.17) is 21.0 Å². The van der Waals surface area contributed by atoms with E-state index in [1.165, 1.54) is 0 Å². The van der Waals surface area contributed by atoms with Gasteiger partial charge < -0.3 is 31.3 Å². The van der Waals surface area contributed by atoms with E-state index >= 15 is 0 Å². The maximum atomic E-state index is 12.7. The zero-order chi connectivity index (χ0) is 25.5. The Morgan fingerprint density at radius 1 is 1.06 bits per heavy atom. The van der Waals surface area contributed by atoms with Crippen LogP contribution in [0.4, 0.5) is 5.69 Å². The summed E-state index contributed by atoms with van der Waals surface area (Å²) >= 11 is 0. The van der Waals surface area contributed by atoms with Gasteiger partial charge in [-0.1, -0.05) is 12.1 Å². The highest BCUT2D eigenvalue weighted by molar-refractivity contribution is 5.95. The normalized spacial score (nSPS) is 13.2. The number of guanidine groups is 1. The van der Waals surface area contributed by atoms with E-state index in [9.17, 15) is 24.3 Å². The minimum absolute atomic E-state index is 0.0122. The van der Waals surface area contributed by atoms with Crippen molar-refractivity contribution in [3.05, 3.63) is 58.7 Å². The molecule has 1 atom stereocenters. The molecule has 1 aliphatic heterocycles. The Hall–Kier alpha value is -4.41. The Morgan fingerprint density at radius 3 is 2.49 bits per heavy atom. The van der Waals surface area contributed by atoms with Gasteiger partial charge in [-0.2, -0.15) is 0 Å². The van der Waals surface area contributed by atoms with Crippen LogP contribution >= 0.6 is 0 Å². The lowest BCUT2D eigenvalue weighted by Gasteiger charge is -2.18. The number of carboxylic acid groups (broad SMARTS) is 2. The standard InChI is InChI=1S/C24H26N4O7/c25-24(26)27-16-5-6-17-14(12-16)3-4-15-11-13(1-8-19(15)35-23(17)34)2-9-20(29)28-18(22(32)33)7-10-21(30)31/h1,5-6,8,11-12,18H,2-4,7,9-10H2,(H,28,29)(H,30,31)(H,32,33)(H4,25,26,27)/t18-/m0/s1. The van der Waals surface area contributed by atoms with Crippen LogP contribution in [0.2, 0.25) is 0 Å². The lowest BCUT2D eigenvalue weighted by atomic mass is 9.95. The Labute approximate surface area is 200 Å². The van der Waals surface area contributed by atoms with E-state index in [0.717, 1.165) is 16.7 Å². The van der Waals surface area contributed by atoms with Crippen LogP contribution in [0.3, 0.4) is 0 Å². The molecule has 0 fully saturated rings. The lowest BCUT2D eigenvalue weighted by Crippen LogP contribution is -2.41. The predicted molar refractivity (Wildman–Crippen MR) is 126 cm³/mol. The molecule has 1 amide bonds. The molecule has 0 radical (unpaired) electrons. The van der Waals surface area contributed by atoms with Crippen molar-refractivity contribution in [3.63, 3.8) is 0 Å². The number of aryl methyl sites for hydroxylation is 3. The van der Waals surface area contributed by atoms with E-state index in [1.54, 1.807) is 30.3 Å². The number of anilines is 1. The van der Waals surface area contributed by atoms with Gasteiger partial charge in [0.1, 0.15) is 11.8 Å². The first kappa shape index (κ1) is 25.2. The number of carboxylic acids is 2. The number of hydrogen-bond donors (Lipinski definition) is 6. The molecule has 0 aromatic heterocycles. The molecule has 11 heteroatoms. The SMILES string of the molecule is N=C(N)Nc1ccc2c(c1)CCc1cc(CCC(=O)N[C@@H](CCC(=O)O)C(=O)O)ccc1OC2=O. The first-order chi connectivity index (χ1) is 16.6. The van der Waals surface area contributed by atoms with Gasteiger partial charge in [0.2, 0.25) is 5.91 Å². The number of carbonyl (C=O) groups is 4. The number of carbonyl (C=O) groups excluding carboxylic acids is 2. The van der Waals surface area contributed by atoms with Gasteiger partial charge in [-0.3, -0.25) is 15.0 Å². The summed E-state index contributed by atoms with van der Waals surface area (Å²) in [7, 11) is 0. The van der Waals surface area contributed by atoms with Crippen LogP contribution in [0.15, 0.2) is 36.4 Å². The summed E-state index contributed by atoms with van der Waals surface area (Å²) in [6.45, 7) is 0. The minimum atomic E-state index is -1.29. The van der Waals surface area contributed by atoms with E-state index in [0.29, 0.717) is 36.3 Å². The number of benzene rings is 2. The second-order valence-corrected chi connectivity index (χ2v) is 8.13. The Bertz CT molecular complexity index is 1180. The highest BCUT2D eigenvalue weighted by Gasteiger charge is 2.22. The van der Waals surface area contributed by atoms with E-state index in [-0.39, 0.29) is 25.2 Å². The second kappa shape index (κ2) is 11.1. The number of aliphatic carboxylic acids is 2. The van der Waals surface area contributed by atoms with Crippen molar-refractivity contribution in [2.45, 2.75) is 44.6 Å². The smallest absolute Gasteiger partial charge is 0.343 e. The summed E-state index contributed by atoms with van der Waals surface area (Å²) < 4.78 is 5.57. The van der Waals surface area contributed by atoms with Gasteiger partial charge in [0.15, 0.2) is 5.96 Å². The average Bonchev–Trinajstić information content (AvgIpc) is 2.78. The van der Waals surface area contributed by atoms with Gasteiger partial charge in [0.25, 0.3) is 0 Å². The van der Waals surface area contributed by atoms with E-state index in [1.807, 2.05) is 6.07 Å². The van der Waals surface area contributed by atoms with Crippen LogP contribution in [0.5, 0.6) is 5.75 Å². The Balaban J connectivity index is 1.66. The first-order valence-electron chi connectivity index (χ1n) is 10.9. The van der Waals surface area contributed by atoms with Crippen LogP contribution in [0.25, 0.3) is 0 Å². The van der Waals surface area contributed by atoms with Crippen molar-refractivity contribution < 1.29 is 34.1 Å². The van der Waals surface area contributed by atoms with Crippen LogP contribution < -0.4 is 21.1 Å². The number of nitrogens with one attached hydrogen (secondary N) is 3. The van der Waals surface area contributed by atoms with Gasteiger partial charge in [-0.05, 0) is 66.6 Å². The monoisotopic (exact) mass is 482 g/mol. The number of hydrogen-bond acceptors (Lipinski definition) is 6. The van der Waals surface area contributed by atoms with Crippen LogP contribution in [-0.4, -0.2) is 46.0 Å². The van der Waals surface area contributed by atoms with Crippen molar-refractivity contribution in [2.75, 3.05) is 5.32 Å². The van der Waals surface area contributed by atoms with Crippen molar-refractivity contribution >= 4 is 35.5 Å². The van der Waals surface area contributed by atoms with Gasteiger partial charge in [0, 0.05) is 18.5 Å². The third-order valence-corrected chi connectivity index (χ3v) is 5.52. The van der Waals surface area contributed by atoms with Gasteiger partial charge in [-0.15, -0.1) is 0 Å². The van der Waals surface area contributed by atoms with Gasteiger partial charge in [-0.25, -0.2) is 9.59 Å². The number of rotatable bonds is 9. The van der Waals surface area contributed by atoms with Crippen molar-refractivity contribution in [3.8, 4) is 5.75 Å². The Kier molecular flexibility index (Phi) is 8.03. The largest absolute Gasteiger partial charge is 0.481 e. The van der Waals surface area contributed by atoms with E-state index in [2.05, 4.69) is 10.6 Å². The fourth-order valence-corrected chi connectivity index (χ4v) is 3.79. The Morgan fingerprint density at radius 2 is 1.80 bits per heavy atom. The zero-order valence-corrected chi connectivity index (χ0v) is 18.8. The first-order valence-corrected chi connectivity index (χ1v) is 10.9. The third kappa shape index (κ3) is 7.03. The maximum absolute atomic E-state index is 12.7. The highest BCUT2D eigenvalue weighted by Crippen LogP contribution is 2.28. The van der Waals surface area contributed by atoms with Crippen molar-refractivity contribution in [1.82, 2.24) is 5.32 Å². The summed E-state index contributed by atoms with van der Waals surface area (Å²) in [5.74, 6) is -3.21. The fourth-order valence-electron chi connectivity index (χ4n) is 3.79. The fraction of sp³-hybridized carbons (Fsp3) is 0.292. The summed E-state index contributed by atoms with van der Waals surface area (Å²) in [6, 6.07) is 9.01. The molecule has 11 nitrogen and oxygen atoms in total. The molecule has 0 unspecified atom stereocenters. The number of amides is 1. The number of fused-ring (bicyclic) bond motifs is 2. The molecule has 2 aromatic rings. The minimum Gasteiger partial charge on any atom is -0.481 e. The predicted octanol–water partition coefficient (Wildman–Crippen LogP) is 1.68. The highest BCUT2D eigenvalue weighted by atomic mass is 16.5. The molecular formula is C24H26N4O7. The molecule has 35 heavy (non-hydrogen) atoms. The molecule has 1 heterocycles. The lowest BCUT2D eigenvalue weighted by molar-refractivity contribution is -0.143.